The van der Waals surface area contributed by atoms with Gasteiger partial charge >= 0.3 is 0 Å². The quantitative estimate of drug-likeness (QED) is 0.337. The molecule has 0 aliphatic rings. The number of rotatable bonds is 7. The number of hydrogen-bond donors (Lipinski definition) is 3. The van der Waals surface area contributed by atoms with E-state index in [0.717, 1.165) is 22.1 Å². The minimum atomic E-state index is -3.87. The van der Waals surface area contributed by atoms with Crippen molar-refractivity contribution in [2.45, 2.75) is 11.1 Å². The minimum Gasteiger partial charge on any atom is -0.495 e. The van der Waals surface area contributed by atoms with Crippen LogP contribution in [0.2, 0.25) is 0 Å². The molecule has 2 amide bonds. The highest BCUT2D eigenvalue weighted by atomic mass is 32.2. The zero-order chi connectivity index (χ0) is 24.3. The summed E-state index contributed by atoms with van der Waals surface area (Å²) in [5.74, 6) is -0.376. The Morgan fingerprint density at radius 2 is 1.62 bits per heavy atom. The van der Waals surface area contributed by atoms with Crippen molar-refractivity contribution in [1.29, 1.82) is 0 Å². The topological polar surface area (TPSA) is 114 Å². The molecule has 34 heavy (non-hydrogen) atoms. The average Bonchev–Trinajstić information content (AvgIpc) is 3.34. The lowest BCUT2D eigenvalue weighted by Crippen LogP contribution is -2.18. The Balaban J connectivity index is 1.72. The zero-order valence-electron chi connectivity index (χ0n) is 18.3. The maximum absolute atomic E-state index is 13.3. The van der Waals surface area contributed by atoms with E-state index in [2.05, 4.69) is 15.4 Å². The van der Waals surface area contributed by atoms with Gasteiger partial charge in [0.1, 0.15) is 9.96 Å². The van der Waals surface area contributed by atoms with E-state index in [-0.39, 0.29) is 21.4 Å². The van der Waals surface area contributed by atoms with Gasteiger partial charge in [0.15, 0.2) is 0 Å². The standard InChI is InChI=1S/C24H21N3O5S2/c1-15(28)25-21-14-18(9-10-22(21)32-2)26-24(29)19-12-16-6-3-4-7-17(16)13-20(19)27-34(30,31)23-8-5-11-33-23/h3-14,27H,1-2H3,(H,25,28)(H,26,29). The first-order valence-corrected chi connectivity index (χ1v) is 12.5. The lowest BCUT2D eigenvalue weighted by atomic mass is 10.0. The number of fused-ring (bicyclic) bond motifs is 1. The summed E-state index contributed by atoms with van der Waals surface area (Å²) in [7, 11) is -2.40. The number of hydrogen-bond acceptors (Lipinski definition) is 6. The second-order valence-corrected chi connectivity index (χ2v) is 10.2. The number of benzene rings is 3. The molecule has 0 unspecified atom stereocenters. The molecule has 0 radical (unpaired) electrons. The summed E-state index contributed by atoms with van der Waals surface area (Å²) in [4.78, 5) is 24.8. The maximum atomic E-state index is 13.3. The summed E-state index contributed by atoms with van der Waals surface area (Å²) in [6.07, 6.45) is 0. The fourth-order valence-electron chi connectivity index (χ4n) is 3.40. The number of ether oxygens (including phenoxy) is 1. The first-order chi connectivity index (χ1) is 16.3. The number of nitrogens with one attached hydrogen (secondary N) is 3. The van der Waals surface area contributed by atoms with Gasteiger partial charge in [-0.15, -0.1) is 11.3 Å². The molecule has 1 heterocycles. The van der Waals surface area contributed by atoms with Crippen LogP contribution in [0.1, 0.15) is 17.3 Å². The summed E-state index contributed by atoms with van der Waals surface area (Å²) < 4.78 is 33.7. The fourth-order valence-corrected chi connectivity index (χ4v) is 5.46. The Bertz CT molecular complexity index is 1480. The van der Waals surface area contributed by atoms with Crippen molar-refractivity contribution in [3.63, 3.8) is 0 Å². The van der Waals surface area contributed by atoms with E-state index in [1.807, 2.05) is 24.3 Å². The van der Waals surface area contributed by atoms with E-state index in [9.17, 15) is 18.0 Å². The number of thiophene rings is 1. The summed E-state index contributed by atoms with van der Waals surface area (Å²) in [5.41, 5.74) is 1.09. The lowest BCUT2D eigenvalue weighted by Gasteiger charge is -2.15. The van der Waals surface area contributed by atoms with Crippen LogP contribution in [0.15, 0.2) is 76.3 Å². The number of anilines is 3. The van der Waals surface area contributed by atoms with E-state index in [4.69, 9.17) is 4.74 Å². The zero-order valence-corrected chi connectivity index (χ0v) is 19.9. The molecule has 3 N–H and O–H groups in total. The highest BCUT2D eigenvalue weighted by Crippen LogP contribution is 2.31. The van der Waals surface area contributed by atoms with E-state index in [1.165, 1.54) is 20.1 Å². The Morgan fingerprint density at radius 3 is 2.26 bits per heavy atom. The van der Waals surface area contributed by atoms with Crippen LogP contribution in [0.5, 0.6) is 5.75 Å². The van der Waals surface area contributed by atoms with Crippen LogP contribution in [0.25, 0.3) is 10.8 Å². The van der Waals surface area contributed by atoms with Gasteiger partial charge < -0.3 is 15.4 Å². The van der Waals surface area contributed by atoms with Gasteiger partial charge in [-0.1, -0.05) is 30.3 Å². The summed E-state index contributed by atoms with van der Waals surface area (Å²) in [6.45, 7) is 1.37. The number of sulfonamides is 1. The monoisotopic (exact) mass is 495 g/mol. The highest BCUT2D eigenvalue weighted by Gasteiger charge is 2.21. The van der Waals surface area contributed by atoms with Gasteiger partial charge in [0.05, 0.1) is 24.0 Å². The van der Waals surface area contributed by atoms with Crippen LogP contribution in [0.3, 0.4) is 0 Å². The Morgan fingerprint density at radius 1 is 0.882 bits per heavy atom. The molecule has 0 saturated heterocycles. The molecule has 0 saturated carbocycles. The van der Waals surface area contributed by atoms with Crippen LogP contribution in [-0.2, 0) is 14.8 Å². The Labute approximate surface area is 200 Å². The molecule has 174 valence electrons. The number of amides is 2. The molecule has 10 heteroatoms. The summed E-state index contributed by atoms with van der Waals surface area (Å²) >= 11 is 1.08. The van der Waals surface area contributed by atoms with Gasteiger partial charge in [0.2, 0.25) is 5.91 Å². The summed E-state index contributed by atoms with van der Waals surface area (Å²) in [6, 6.07) is 18.5. The molecule has 0 bridgehead atoms. The van der Waals surface area contributed by atoms with Crippen molar-refractivity contribution in [3.05, 3.63) is 77.7 Å². The Kier molecular flexibility index (Phi) is 6.53. The molecule has 4 rings (SSSR count). The van der Waals surface area contributed by atoms with Crippen molar-refractivity contribution in [2.75, 3.05) is 22.5 Å². The maximum Gasteiger partial charge on any atom is 0.271 e. The van der Waals surface area contributed by atoms with Crippen LogP contribution in [0, 0.1) is 0 Å². The third-order valence-corrected chi connectivity index (χ3v) is 7.67. The molecule has 1 aromatic heterocycles. The SMILES string of the molecule is COc1ccc(NC(=O)c2cc3ccccc3cc2NS(=O)(=O)c2cccs2)cc1NC(C)=O. The smallest absolute Gasteiger partial charge is 0.271 e. The molecule has 4 aromatic rings. The largest absolute Gasteiger partial charge is 0.495 e. The third kappa shape index (κ3) is 5.03. The first-order valence-electron chi connectivity index (χ1n) is 10.1. The van der Waals surface area contributed by atoms with Crippen molar-refractivity contribution in [1.82, 2.24) is 0 Å². The number of carbonyl (C=O) groups is 2. The number of carbonyl (C=O) groups excluding carboxylic acids is 2. The second kappa shape index (κ2) is 9.54. The summed E-state index contributed by atoms with van der Waals surface area (Å²) in [5, 5.41) is 8.65. The van der Waals surface area contributed by atoms with E-state index >= 15 is 0 Å². The van der Waals surface area contributed by atoms with Crippen molar-refractivity contribution >= 4 is 61.0 Å². The number of methoxy groups -OCH3 is 1. The molecule has 0 aliphatic carbocycles. The second-order valence-electron chi connectivity index (χ2n) is 7.33. The van der Waals surface area contributed by atoms with Gasteiger partial charge in [0, 0.05) is 12.6 Å². The average molecular weight is 496 g/mol. The van der Waals surface area contributed by atoms with Gasteiger partial charge in [-0.2, -0.15) is 0 Å². The normalized spacial score (nSPS) is 11.1. The predicted molar refractivity (Wildman–Crippen MR) is 134 cm³/mol. The van der Waals surface area contributed by atoms with Gasteiger partial charge in [-0.25, -0.2) is 8.42 Å². The molecular formula is C24H21N3O5S2. The lowest BCUT2D eigenvalue weighted by molar-refractivity contribution is -0.114. The first kappa shape index (κ1) is 23.3. The van der Waals surface area contributed by atoms with Crippen LogP contribution in [0.4, 0.5) is 17.1 Å². The van der Waals surface area contributed by atoms with Crippen molar-refractivity contribution in [3.8, 4) is 5.75 Å². The van der Waals surface area contributed by atoms with E-state index in [1.54, 1.807) is 41.8 Å². The molecule has 3 aromatic carbocycles. The van der Waals surface area contributed by atoms with Crippen LogP contribution >= 0.6 is 11.3 Å². The molecule has 0 aliphatic heterocycles. The van der Waals surface area contributed by atoms with Crippen molar-refractivity contribution in [2.24, 2.45) is 0 Å². The fraction of sp³-hybridized carbons (Fsp3) is 0.0833. The minimum absolute atomic E-state index is 0.141. The van der Waals surface area contributed by atoms with Gasteiger partial charge in [0.25, 0.3) is 15.9 Å². The molecular weight excluding hydrogens is 474 g/mol. The molecule has 8 nitrogen and oxygen atoms in total. The Hall–Kier alpha value is -3.89. The highest BCUT2D eigenvalue weighted by molar-refractivity contribution is 7.94. The van der Waals surface area contributed by atoms with Gasteiger partial charge in [-0.3, -0.25) is 14.3 Å². The van der Waals surface area contributed by atoms with Crippen molar-refractivity contribution < 1.29 is 22.7 Å². The van der Waals surface area contributed by atoms with Crippen LogP contribution < -0.4 is 20.1 Å². The molecule has 0 atom stereocenters. The predicted octanol–water partition coefficient (Wildman–Crippen LogP) is 4.92. The molecule has 0 fully saturated rings. The third-order valence-electron chi connectivity index (χ3n) is 4.90. The van der Waals surface area contributed by atoms with E-state index in [0.29, 0.717) is 17.1 Å². The van der Waals surface area contributed by atoms with Crippen LogP contribution in [-0.4, -0.2) is 27.3 Å². The molecule has 0 spiro atoms. The van der Waals surface area contributed by atoms with E-state index < -0.39 is 15.9 Å². The van der Waals surface area contributed by atoms with Gasteiger partial charge in [-0.05, 0) is 52.6 Å².